The number of amides is 9. The Morgan fingerprint density at radius 3 is 1.34 bits per heavy atom. The molecule has 9 N–H and O–H groups in total. The number of ketones is 1. The summed E-state index contributed by atoms with van der Waals surface area (Å²) in [6, 6.07) is 21.6. The Balaban J connectivity index is 0.000000119. The maximum atomic E-state index is 11.9. The number of urea groups is 3. The van der Waals surface area contributed by atoms with Crippen molar-refractivity contribution >= 4 is 85.1 Å². The summed E-state index contributed by atoms with van der Waals surface area (Å²) >= 11 is 6.86. The molecule has 4 aromatic carbocycles. The van der Waals surface area contributed by atoms with E-state index in [4.69, 9.17) is 10.8 Å². The van der Waals surface area contributed by atoms with Crippen molar-refractivity contribution in [1.29, 1.82) is 0 Å². The molecule has 3 aliphatic heterocycles. The number of nitrogen functional groups attached to an aromatic ring is 1. The van der Waals surface area contributed by atoms with Crippen molar-refractivity contribution in [3.8, 4) is 0 Å². The highest BCUT2D eigenvalue weighted by molar-refractivity contribution is 9.10. The summed E-state index contributed by atoms with van der Waals surface area (Å²) in [4.78, 5) is 91.3. The zero-order valence-electron chi connectivity index (χ0n) is 35.0. The first-order valence-electron chi connectivity index (χ1n) is 21.1. The largest absolute Gasteiger partial charge is 0.478 e. The molecule has 0 saturated carbocycles. The molecule has 0 radical (unpaired) electrons. The Morgan fingerprint density at radius 2 is 0.892 bits per heavy atom. The lowest BCUT2D eigenvalue weighted by molar-refractivity contribution is -0.125. The molecular formula is C47H45Br2N7O9. The minimum absolute atomic E-state index is 0.198. The van der Waals surface area contributed by atoms with Gasteiger partial charge in [-0.05, 0) is 138 Å². The quantitative estimate of drug-likeness (QED) is 0.0954. The normalized spacial score (nSPS) is 24.1. The number of nitrogens with one attached hydrogen (secondary N) is 6. The summed E-state index contributed by atoms with van der Waals surface area (Å²) in [6.45, 7) is 0. The Hall–Kier alpha value is -6.40. The molecule has 7 aliphatic rings. The Morgan fingerprint density at radius 1 is 0.492 bits per heavy atom. The third-order valence-corrected chi connectivity index (χ3v) is 14.1. The SMILES string of the molecule is Nc1ccc2c(c1)CCC1(C2)NC(=O)NC1=O.O=C1CCc2cc(Br)ccc2C1.O=C1NC(=O)C2(CCc3cc(Br)ccc3C2)N1.O=C1NC(=O)C2(CCc3cc(C(=O)O)ccc3C2)N1. The number of anilines is 1. The van der Waals surface area contributed by atoms with E-state index in [1.165, 1.54) is 28.3 Å². The number of hydrogen-bond acceptors (Lipinski definition) is 9. The van der Waals surface area contributed by atoms with E-state index >= 15 is 0 Å². The number of benzene rings is 4. The number of carboxylic acids is 1. The summed E-state index contributed by atoms with van der Waals surface area (Å²) in [7, 11) is 0. The van der Waals surface area contributed by atoms with Gasteiger partial charge in [-0.2, -0.15) is 0 Å². The molecule has 0 aromatic heterocycles. The van der Waals surface area contributed by atoms with E-state index in [1.54, 1.807) is 12.1 Å². The van der Waals surface area contributed by atoms with Crippen LogP contribution in [0, 0.1) is 0 Å². The molecule has 9 amide bonds. The van der Waals surface area contributed by atoms with Gasteiger partial charge >= 0.3 is 24.1 Å². The van der Waals surface area contributed by atoms with Crippen LogP contribution >= 0.6 is 31.9 Å². The van der Waals surface area contributed by atoms with Crippen LogP contribution < -0.4 is 37.6 Å². The van der Waals surface area contributed by atoms with Crippen molar-refractivity contribution in [3.05, 3.63) is 132 Å². The van der Waals surface area contributed by atoms with Crippen molar-refractivity contribution in [2.75, 3.05) is 5.73 Å². The first kappa shape index (κ1) is 45.2. The smallest absolute Gasteiger partial charge is 0.335 e. The molecule has 3 unspecified atom stereocenters. The fraction of sp³-hybridized carbons (Fsp3) is 0.319. The zero-order chi connectivity index (χ0) is 46.3. The molecule has 18 heteroatoms. The van der Waals surface area contributed by atoms with Gasteiger partial charge in [-0.25, -0.2) is 19.2 Å². The summed E-state index contributed by atoms with van der Waals surface area (Å²) in [5.41, 5.74) is 13.4. The van der Waals surface area contributed by atoms with Gasteiger partial charge in [-0.15, -0.1) is 0 Å². The maximum absolute atomic E-state index is 11.9. The fourth-order valence-electron chi connectivity index (χ4n) is 9.56. The van der Waals surface area contributed by atoms with Crippen LogP contribution in [0.3, 0.4) is 0 Å². The second-order valence-electron chi connectivity index (χ2n) is 17.4. The van der Waals surface area contributed by atoms with Gasteiger partial charge in [-0.3, -0.25) is 35.1 Å². The maximum Gasteiger partial charge on any atom is 0.335 e. The number of fused-ring (bicyclic) bond motifs is 4. The average molecular weight is 1010 g/mol. The predicted octanol–water partition coefficient (Wildman–Crippen LogP) is 4.81. The monoisotopic (exact) mass is 1010 g/mol. The number of halogens is 2. The second kappa shape index (κ2) is 17.9. The van der Waals surface area contributed by atoms with Gasteiger partial charge in [0.15, 0.2) is 0 Å². The summed E-state index contributed by atoms with van der Waals surface area (Å²) in [5, 5.41) is 24.0. The van der Waals surface area contributed by atoms with Gasteiger partial charge < -0.3 is 26.8 Å². The molecule has 11 rings (SSSR count). The van der Waals surface area contributed by atoms with E-state index in [0.717, 1.165) is 56.1 Å². The van der Waals surface area contributed by atoms with Crippen molar-refractivity contribution in [1.82, 2.24) is 31.9 Å². The van der Waals surface area contributed by atoms with E-state index in [0.29, 0.717) is 63.6 Å². The van der Waals surface area contributed by atoms with Gasteiger partial charge in [0.05, 0.1) is 5.56 Å². The summed E-state index contributed by atoms with van der Waals surface area (Å²) < 4.78 is 2.16. The van der Waals surface area contributed by atoms with Crippen molar-refractivity contribution in [3.63, 3.8) is 0 Å². The van der Waals surface area contributed by atoms with Crippen LogP contribution in [-0.4, -0.2) is 69.3 Å². The van der Waals surface area contributed by atoms with Gasteiger partial charge in [-0.1, -0.05) is 56.1 Å². The standard InChI is InChI=1S/C13H12N2O4.C12H11BrN2O2.C12H13N3O2.C10H9BrO/c16-10(17)8-1-2-9-6-13(4-3-7(9)5-8)11(18)14-12(19)15-13;2*13-9-2-1-8-6-12(4-3-7(8)5-9)10(16)14-11(17)15-12;11-9-3-1-8-6-10(12)4-2-7(8)5-9/h1-2,5H,3-4,6H2,(H,16,17)(H2,14,15,18,19);1-2,5H,3-4,6H2,(H2,14,15,16,17);1-2,5H,3-4,6,13H2,(H2,14,15,16,17);1,3,5H,2,4,6H2. The van der Waals surface area contributed by atoms with Gasteiger partial charge in [0, 0.05) is 46.7 Å². The Labute approximate surface area is 389 Å². The minimum atomic E-state index is -0.963. The van der Waals surface area contributed by atoms with Crippen LogP contribution in [0.5, 0.6) is 0 Å². The Kier molecular flexibility index (Phi) is 12.4. The average Bonchev–Trinajstić information content (AvgIpc) is 3.82. The van der Waals surface area contributed by atoms with Crippen LogP contribution in [0.2, 0.25) is 0 Å². The number of carboxylic acid groups (broad SMARTS) is 1. The molecule has 3 heterocycles. The molecular weight excluding hydrogens is 966 g/mol. The van der Waals surface area contributed by atoms with Crippen molar-refractivity contribution < 1.29 is 43.5 Å². The highest BCUT2D eigenvalue weighted by atomic mass is 79.9. The van der Waals surface area contributed by atoms with E-state index in [2.05, 4.69) is 75.9 Å². The topological polar surface area (TPSA) is 255 Å². The highest BCUT2D eigenvalue weighted by Gasteiger charge is 2.50. The van der Waals surface area contributed by atoms with E-state index < -0.39 is 34.6 Å². The summed E-state index contributed by atoms with van der Waals surface area (Å²) in [5.74, 6) is -1.31. The molecule has 3 fully saturated rings. The van der Waals surface area contributed by atoms with Crippen LogP contribution in [-0.2, 0) is 70.5 Å². The molecule has 3 saturated heterocycles. The lowest BCUT2D eigenvalue weighted by Gasteiger charge is -2.31. The Bertz CT molecular complexity index is 2630. The van der Waals surface area contributed by atoms with Gasteiger partial charge in [0.25, 0.3) is 17.7 Å². The molecule has 0 bridgehead atoms. The number of hydrogen-bond donors (Lipinski definition) is 8. The van der Waals surface area contributed by atoms with E-state index in [9.17, 15) is 38.4 Å². The molecule has 3 atom stereocenters. The number of carbonyl (C=O) groups is 8. The molecule has 16 nitrogen and oxygen atoms in total. The highest BCUT2D eigenvalue weighted by Crippen LogP contribution is 2.35. The number of imide groups is 3. The zero-order valence-corrected chi connectivity index (χ0v) is 38.1. The lowest BCUT2D eigenvalue weighted by Crippen LogP contribution is -2.51. The molecule has 3 spiro atoms. The second-order valence-corrected chi connectivity index (χ2v) is 19.2. The van der Waals surface area contributed by atoms with Crippen molar-refractivity contribution in [2.45, 2.75) is 93.7 Å². The van der Waals surface area contributed by atoms with Gasteiger partial charge in [0.2, 0.25) is 0 Å². The molecule has 4 aliphatic carbocycles. The van der Waals surface area contributed by atoms with Crippen LogP contribution in [0.1, 0.15) is 80.5 Å². The van der Waals surface area contributed by atoms with E-state index in [1.807, 2.05) is 42.5 Å². The number of nitrogens with two attached hydrogens (primary N) is 1. The number of Topliss-reactive ketones (excluding diaryl/α,β-unsaturated/α-hetero) is 1. The van der Waals surface area contributed by atoms with Crippen LogP contribution in [0.25, 0.3) is 0 Å². The minimum Gasteiger partial charge on any atom is -0.478 e. The fourth-order valence-corrected chi connectivity index (χ4v) is 10.4. The summed E-state index contributed by atoms with van der Waals surface area (Å²) in [6.07, 6.45) is 7.68. The number of aromatic carboxylic acids is 1. The molecule has 65 heavy (non-hydrogen) atoms. The number of aryl methyl sites for hydroxylation is 4. The third-order valence-electron chi connectivity index (χ3n) is 13.1. The first-order valence-corrected chi connectivity index (χ1v) is 22.7. The van der Waals surface area contributed by atoms with Crippen LogP contribution in [0.15, 0.2) is 81.7 Å². The number of rotatable bonds is 1. The predicted molar refractivity (Wildman–Crippen MR) is 244 cm³/mol. The lowest BCUT2D eigenvalue weighted by atomic mass is 9.77. The van der Waals surface area contributed by atoms with Gasteiger partial charge in [0.1, 0.15) is 22.4 Å². The number of carbonyl (C=O) groups excluding carboxylic acids is 7. The van der Waals surface area contributed by atoms with Crippen LogP contribution in [0.4, 0.5) is 20.1 Å². The molecule has 4 aromatic rings. The first-order chi connectivity index (χ1) is 30.9. The van der Waals surface area contributed by atoms with Crippen molar-refractivity contribution in [2.24, 2.45) is 0 Å². The molecule has 336 valence electrons. The van der Waals surface area contributed by atoms with E-state index in [-0.39, 0.29) is 29.3 Å². The third kappa shape index (κ3) is 9.54.